The number of benzene rings is 3. The van der Waals surface area contributed by atoms with E-state index in [2.05, 4.69) is 58.7 Å². The van der Waals surface area contributed by atoms with E-state index in [4.69, 9.17) is 4.52 Å². The van der Waals surface area contributed by atoms with Crippen LogP contribution in [0.25, 0.3) is 11.1 Å². The van der Waals surface area contributed by atoms with Gasteiger partial charge >= 0.3 is 0 Å². The zero-order valence-corrected chi connectivity index (χ0v) is 28.5. The van der Waals surface area contributed by atoms with Crippen LogP contribution in [0.15, 0.2) is 59.1 Å². The topological polar surface area (TPSA) is 140 Å². The van der Waals surface area contributed by atoms with Gasteiger partial charge in [0, 0.05) is 48.9 Å². The fourth-order valence-corrected chi connectivity index (χ4v) is 7.71. The number of nitrogens with zero attached hydrogens (tertiary/aromatic N) is 5. The molecule has 0 bridgehead atoms. The maximum atomic E-state index is 15.6. The molecule has 8 rings (SSSR count). The molecule has 12 heteroatoms. The van der Waals surface area contributed by atoms with E-state index in [-0.39, 0.29) is 35.6 Å². The highest BCUT2D eigenvalue weighted by Crippen LogP contribution is 2.48. The summed E-state index contributed by atoms with van der Waals surface area (Å²) in [5, 5.41) is 16.1. The Bertz CT molecular complexity index is 2170. The van der Waals surface area contributed by atoms with Gasteiger partial charge in [-0.25, -0.2) is 4.39 Å². The molecule has 2 saturated heterocycles. The highest BCUT2D eigenvalue weighted by molar-refractivity contribution is 6.23. The molecule has 4 aliphatic rings. The van der Waals surface area contributed by atoms with Gasteiger partial charge in [-0.15, -0.1) is 0 Å². The number of fused-ring (bicyclic) bond motifs is 1. The summed E-state index contributed by atoms with van der Waals surface area (Å²) in [6.45, 7) is 7.49. The van der Waals surface area contributed by atoms with Crippen molar-refractivity contribution in [2.75, 3.05) is 29.4 Å². The number of aromatic nitrogens is 1. The Morgan fingerprint density at radius 1 is 1.00 bits per heavy atom. The van der Waals surface area contributed by atoms with E-state index in [1.165, 1.54) is 6.07 Å². The highest BCUT2D eigenvalue weighted by atomic mass is 19.1. The van der Waals surface area contributed by atoms with Crippen LogP contribution in [0.2, 0.25) is 0 Å². The number of piperidine rings is 1. The summed E-state index contributed by atoms with van der Waals surface area (Å²) in [5.74, 6) is -2.36. The van der Waals surface area contributed by atoms with Gasteiger partial charge < -0.3 is 14.3 Å². The van der Waals surface area contributed by atoms with Crippen LogP contribution in [-0.4, -0.2) is 59.4 Å². The molecule has 11 nitrogen and oxygen atoms in total. The number of hydrogen-bond acceptors (Lipinski definition) is 9. The van der Waals surface area contributed by atoms with E-state index in [0.717, 1.165) is 68.9 Å². The molecule has 1 aliphatic carbocycles. The van der Waals surface area contributed by atoms with Crippen molar-refractivity contribution in [2.45, 2.75) is 57.9 Å². The summed E-state index contributed by atoms with van der Waals surface area (Å²) >= 11 is 0. The van der Waals surface area contributed by atoms with Gasteiger partial charge in [-0.1, -0.05) is 29.4 Å². The normalized spacial score (nSPS) is 19.5. The van der Waals surface area contributed by atoms with Crippen LogP contribution >= 0.6 is 0 Å². The molecular weight excluding hydrogens is 651 g/mol. The second kappa shape index (κ2) is 11.9. The number of nitriles is 1. The van der Waals surface area contributed by atoms with Crippen molar-refractivity contribution in [2.24, 2.45) is 5.92 Å². The van der Waals surface area contributed by atoms with E-state index < -0.39 is 40.9 Å². The van der Waals surface area contributed by atoms with E-state index in [0.29, 0.717) is 19.6 Å². The Kier molecular flexibility index (Phi) is 7.56. The maximum absolute atomic E-state index is 15.6. The first-order chi connectivity index (χ1) is 24.5. The summed E-state index contributed by atoms with van der Waals surface area (Å²) in [7, 11) is 0. The first-order valence-electron chi connectivity index (χ1n) is 17.1. The van der Waals surface area contributed by atoms with Gasteiger partial charge in [0.2, 0.25) is 11.8 Å². The standard InChI is InChI=1S/C39H35FN6O5/c1-21-4-5-25(35-22(2)43-51-23(35)3)14-32(21)45(27-8-6-26(7-9-27)39(20-41)12-13-39)19-24-17-44(18-24)33-16-29-28(15-30(33)40)37(49)46(38(29)50)31-10-11-34(47)42-36(31)48/h4-9,14-16,24,31H,10-13,17-19H2,1-3H3,(H,42,47,48). The van der Waals surface area contributed by atoms with Crippen molar-refractivity contribution in [3.8, 4) is 17.2 Å². The molecule has 1 saturated carbocycles. The second-order valence-electron chi connectivity index (χ2n) is 14.1. The third-order valence-electron chi connectivity index (χ3n) is 10.8. The van der Waals surface area contributed by atoms with E-state index in [1.807, 2.05) is 30.9 Å². The molecular formula is C39H35FN6O5. The molecule has 258 valence electrons. The van der Waals surface area contributed by atoms with Gasteiger partial charge in [-0.2, -0.15) is 5.26 Å². The van der Waals surface area contributed by atoms with Crippen molar-refractivity contribution in [3.63, 3.8) is 0 Å². The molecule has 1 N–H and O–H groups in total. The number of carbonyl (C=O) groups is 4. The van der Waals surface area contributed by atoms with Gasteiger partial charge in [0.1, 0.15) is 17.6 Å². The van der Waals surface area contributed by atoms with Gasteiger partial charge in [-0.3, -0.25) is 29.4 Å². The van der Waals surface area contributed by atoms with Crippen molar-refractivity contribution in [1.82, 2.24) is 15.4 Å². The van der Waals surface area contributed by atoms with Gasteiger partial charge in [-0.05, 0) is 87.1 Å². The molecule has 1 atom stereocenters. The Labute approximate surface area is 293 Å². The number of rotatable bonds is 8. The van der Waals surface area contributed by atoms with Crippen LogP contribution in [0.3, 0.4) is 0 Å². The predicted molar refractivity (Wildman–Crippen MR) is 185 cm³/mol. The Morgan fingerprint density at radius 3 is 2.33 bits per heavy atom. The number of hydrogen-bond donors (Lipinski definition) is 1. The van der Waals surface area contributed by atoms with Crippen LogP contribution in [0.1, 0.15) is 69.0 Å². The van der Waals surface area contributed by atoms with Gasteiger partial charge in [0.15, 0.2) is 0 Å². The first-order valence-corrected chi connectivity index (χ1v) is 17.1. The van der Waals surface area contributed by atoms with E-state index in [9.17, 15) is 24.4 Å². The third kappa shape index (κ3) is 5.35. The number of imide groups is 2. The Hall–Kier alpha value is -5.83. The molecule has 0 radical (unpaired) electrons. The summed E-state index contributed by atoms with van der Waals surface area (Å²) < 4.78 is 21.1. The Morgan fingerprint density at radius 2 is 1.71 bits per heavy atom. The summed E-state index contributed by atoms with van der Waals surface area (Å²) in [6.07, 6.45) is 1.75. The first kappa shape index (κ1) is 32.4. The van der Waals surface area contributed by atoms with E-state index >= 15 is 4.39 Å². The summed E-state index contributed by atoms with van der Waals surface area (Å²) in [6, 6.07) is 18.3. The minimum Gasteiger partial charge on any atom is -0.368 e. The van der Waals surface area contributed by atoms with Crippen LogP contribution in [0.5, 0.6) is 0 Å². The molecule has 1 aromatic heterocycles. The molecule has 3 fully saturated rings. The smallest absolute Gasteiger partial charge is 0.262 e. The maximum Gasteiger partial charge on any atom is 0.262 e. The molecule has 4 amide bonds. The average molecular weight is 687 g/mol. The molecule has 51 heavy (non-hydrogen) atoms. The lowest BCUT2D eigenvalue weighted by molar-refractivity contribution is -0.136. The van der Waals surface area contributed by atoms with Crippen molar-refractivity contribution >= 4 is 40.7 Å². The van der Waals surface area contributed by atoms with Crippen molar-refractivity contribution < 1.29 is 28.1 Å². The monoisotopic (exact) mass is 686 g/mol. The average Bonchev–Trinajstić information content (AvgIpc) is 3.78. The van der Waals surface area contributed by atoms with Crippen LogP contribution in [0.4, 0.5) is 21.5 Å². The quantitative estimate of drug-likeness (QED) is 0.233. The van der Waals surface area contributed by atoms with Crippen LogP contribution in [0, 0.1) is 43.8 Å². The predicted octanol–water partition coefficient (Wildman–Crippen LogP) is 5.64. The molecule has 4 heterocycles. The SMILES string of the molecule is Cc1ccc(-c2c(C)noc2C)cc1N(CC1CN(c2cc3c(cc2F)C(=O)N(C2CCC(=O)NC2=O)C3=O)C1)c1ccc(C2(C#N)CC2)cc1. The molecule has 4 aromatic rings. The number of halogens is 1. The number of carbonyl (C=O) groups excluding carboxylic acids is 4. The third-order valence-corrected chi connectivity index (χ3v) is 10.8. The summed E-state index contributed by atoms with van der Waals surface area (Å²) in [5.41, 5.74) is 6.55. The summed E-state index contributed by atoms with van der Waals surface area (Å²) in [4.78, 5) is 55.7. The zero-order valence-electron chi connectivity index (χ0n) is 28.5. The van der Waals surface area contributed by atoms with Crippen LogP contribution < -0.4 is 15.1 Å². The molecule has 3 aliphatic heterocycles. The van der Waals surface area contributed by atoms with E-state index in [1.54, 1.807) is 0 Å². The lowest BCUT2D eigenvalue weighted by Crippen LogP contribution is -2.54. The van der Waals surface area contributed by atoms with Gasteiger partial charge in [0.05, 0.1) is 34.0 Å². The highest BCUT2D eigenvalue weighted by Gasteiger charge is 2.46. The fraction of sp³-hybridized carbons (Fsp3) is 0.333. The van der Waals surface area contributed by atoms with Crippen molar-refractivity contribution in [1.29, 1.82) is 5.26 Å². The minimum atomic E-state index is -1.12. The van der Waals surface area contributed by atoms with Gasteiger partial charge in [0.25, 0.3) is 11.8 Å². The fourth-order valence-electron chi connectivity index (χ4n) is 7.71. The number of aryl methyl sites for hydroxylation is 3. The molecule has 0 spiro atoms. The lowest BCUT2D eigenvalue weighted by atomic mass is 9.94. The number of anilines is 3. The largest absolute Gasteiger partial charge is 0.368 e. The minimum absolute atomic E-state index is 0.00400. The number of amides is 4. The number of nitrogens with one attached hydrogen (secondary N) is 1. The zero-order chi connectivity index (χ0) is 35.8. The molecule has 1 unspecified atom stereocenters. The lowest BCUT2D eigenvalue weighted by Gasteiger charge is -2.44. The van der Waals surface area contributed by atoms with Crippen molar-refractivity contribution in [3.05, 3.63) is 94.1 Å². The Balaban J connectivity index is 1.06. The van der Waals surface area contributed by atoms with Crippen LogP contribution in [-0.2, 0) is 15.0 Å². The second-order valence-corrected chi connectivity index (χ2v) is 14.1. The molecule has 3 aromatic carbocycles.